The Morgan fingerprint density at radius 2 is 1.93 bits per heavy atom. The van der Waals surface area contributed by atoms with Gasteiger partial charge in [0.05, 0.1) is 18.6 Å². The summed E-state index contributed by atoms with van der Waals surface area (Å²) >= 11 is 0. The largest absolute Gasteiger partial charge is 0.415 e. The summed E-state index contributed by atoms with van der Waals surface area (Å²) in [5, 5.41) is 3.11. The van der Waals surface area contributed by atoms with Crippen LogP contribution >= 0.6 is 0 Å². The fraction of sp³-hybridized carbons (Fsp3) is 0.909. The van der Waals surface area contributed by atoms with Gasteiger partial charge < -0.3 is 9.74 Å². The van der Waals surface area contributed by atoms with Crippen molar-refractivity contribution < 1.29 is 9.22 Å². The zero-order valence-electron chi connectivity index (χ0n) is 10.7. The maximum atomic E-state index is 11.0. The van der Waals surface area contributed by atoms with Crippen LogP contribution in [-0.2, 0) is 9.22 Å². The van der Waals surface area contributed by atoms with Gasteiger partial charge in [-0.05, 0) is 18.1 Å². The second kappa shape index (κ2) is 3.90. The maximum Gasteiger partial charge on any atom is 0.225 e. The van der Waals surface area contributed by atoms with Crippen molar-refractivity contribution in [2.75, 3.05) is 6.61 Å². The molecule has 1 aliphatic heterocycles. The number of nitrogens with one attached hydrogen (secondary N) is 1. The minimum Gasteiger partial charge on any atom is -0.415 e. The molecule has 1 heterocycles. The van der Waals surface area contributed by atoms with Crippen LogP contribution in [0.3, 0.4) is 0 Å². The standard InChI is InChI=1S/C11H23NO2Si/c1-8-9(12-10(8)13)7-14-15(5,6)11(2,3)4/h8-9H,7H2,1-6H3,(H,12,13). The lowest BCUT2D eigenvalue weighted by Gasteiger charge is -2.40. The Hall–Kier alpha value is -0.353. The van der Waals surface area contributed by atoms with Crippen LogP contribution < -0.4 is 5.32 Å². The van der Waals surface area contributed by atoms with E-state index < -0.39 is 8.32 Å². The van der Waals surface area contributed by atoms with Gasteiger partial charge in [0.15, 0.2) is 8.32 Å². The van der Waals surface area contributed by atoms with Crippen LogP contribution in [-0.4, -0.2) is 26.9 Å². The van der Waals surface area contributed by atoms with E-state index >= 15 is 0 Å². The zero-order valence-corrected chi connectivity index (χ0v) is 11.7. The Kier molecular flexibility index (Phi) is 3.31. The first-order valence-corrected chi connectivity index (χ1v) is 8.50. The van der Waals surface area contributed by atoms with Gasteiger partial charge in [0.1, 0.15) is 0 Å². The fourth-order valence-electron chi connectivity index (χ4n) is 1.23. The summed E-state index contributed by atoms with van der Waals surface area (Å²) in [6, 6.07) is 0.228. The molecule has 2 atom stereocenters. The molecule has 2 unspecified atom stereocenters. The molecule has 88 valence electrons. The van der Waals surface area contributed by atoms with Gasteiger partial charge in [0, 0.05) is 0 Å². The average molecular weight is 229 g/mol. The summed E-state index contributed by atoms with van der Waals surface area (Å²) in [4.78, 5) is 11.0. The van der Waals surface area contributed by atoms with E-state index in [1.54, 1.807) is 0 Å². The quantitative estimate of drug-likeness (QED) is 0.595. The molecule has 3 nitrogen and oxygen atoms in total. The number of amides is 1. The third-order valence-electron chi connectivity index (χ3n) is 3.77. The van der Waals surface area contributed by atoms with Crippen molar-refractivity contribution >= 4 is 14.2 Å². The highest BCUT2D eigenvalue weighted by atomic mass is 28.4. The van der Waals surface area contributed by atoms with Crippen molar-refractivity contribution in [2.24, 2.45) is 5.92 Å². The van der Waals surface area contributed by atoms with Gasteiger partial charge in [-0.3, -0.25) is 4.79 Å². The summed E-state index contributed by atoms with van der Waals surface area (Å²) in [5.41, 5.74) is 0. The smallest absolute Gasteiger partial charge is 0.225 e. The van der Waals surface area contributed by atoms with Gasteiger partial charge in [0.2, 0.25) is 5.91 Å². The summed E-state index contributed by atoms with van der Waals surface area (Å²) in [6.07, 6.45) is 0. The number of hydrogen-bond acceptors (Lipinski definition) is 2. The Morgan fingerprint density at radius 1 is 1.40 bits per heavy atom. The fourth-order valence-corrected chi connectivity index (χ4v) is 2.26. The van der Waals surface area contributed by atoms with Crippen LogP contribution in [0.4, 0.5) is 0 Å². The number of hydrogen-bond donors (Lipinski definition) is 1. The molecule has 1 saturated heterocycles. The summed E-state index contributed by atoms with van der Waals surface area (Å²) in [5.74, 6) is 0.272. The highest BCUT2D eigenvalue weighted by molar-refractivity contribution is 6.74. The van der Waals surface area contributed by atoms with E-state index in [0.29, 0.717) is 6.61 Å². The molecule has 1 fully saturated rings. The molecule has 0 aromatic carbocycles. The molecule has 15 heavy (non-hydrogen) atoms. The normalized spacial score (nSPS) is 27.2. The third kappa shape index (κ3) is 2.61. The van der Waals surface area contributed by atoms with Crippen LogP contribution in [0, 0.1) is 5.92 Å². The molecule has 1 N–H and O–H groups in total. The van der Waals surface area contributed by atoms with Crippen LogP contribution in [0.5, 0.6) is 0 Å². The van der Waals surface area contributed by atoms with Crippen LogP contribution in [0.15, 0.2) is 0 Å². The minimum atomic E-state index is -1.65. The van der Waals surface area contributed by atoms with Gasteiger partial charge in [-0.25, -0.2) is 0 Å². The molecule has 0 aromatic rings. The first-order valence-electron chi connectivity index (χ1n) is 5.59. The van der Waals surface area contributed by atoms with Crippen LogP contribution in [0.1, 0.15) is 27.7 Å². The van der Waals surface area contributed by atoms with Crippen LogP contribution in [0.25, 0.3) is 0 Å². The number of carbonyl (C=O) groups excluding carboxylic acids is 1. The Balaban J connectivity index is 2.41. The summed E-state index contributed by atoms with van der Waals surface area (Å²) in [6.45, 7) is 13.8. The summed E-state index contributed by atoms with van der Waals surface area (Å²) < 4.78 is 6.04. The molecule has 1 amide bonds. The molecule has 0 saturated carbocycles. The van der Waals surface area contributed by atoms with Gasteiger partial charge in [0.25, 0.3) is 0 Å². The molecular formula is C11H23NO2Si. The predicted octanol–water partition coefficient (Wildman–Crippen LogP) is 2.14. The molecule has 1 rings (SSSR count). The molecule has 0 spiro atoms. The van der Waals surface area contributed by atoms with Crippen LogP contribution in [0.2, 0.25) is 18.1 Å². The first kappa shape index (κ1) is 12.7. The van der Waals surface area contributed by atoms with Gasteiger partial charge >= 0.3 is 0 Å². The number of rotatable bonds is 3. The minimum absolute atomic E-state index is 0.120. The van der Waals surface area contributed by atoms with E-state index in [1.807, 2.05) is 6.92 Å². The molecular weight excluding hydrogens is 206 g/mol. The molecule has 0 aliphatic carbocycles. The lowest BCUT2D eigenvalue weighted by Crippen LogP contribution is -2.60. The van der Waals surface area contributed by atoms with Crippen molar-refractivity contribution in [3.63, 3.8) is 0 Å². The topological polar surface area (TPSA) is 38.3 Å². The molecule has 4 heteroatoms. The van der Waals surface area contributed by atoms with Gasteiger partial charge in [-0.15, -0.1) is 0 Å². The SMILES string of the molecule is CC1C(=O)NC1CO[Si](C)(C)C(C)(C)C. The van der Waals surface area contributed by atoms with E-state index in [9.17, 15) is 4.79 Å². The Labute approximate surface area is 93.7 Å². The second-order valence-corrected chi connectivity index (χ2v) is 10.8. The predicted molar refractivity (Wildman–Crippen MR) is 64.2 cm³/mol. The molecule has 0 bridgehead atoms. The first-order chi connectivity index (χ1) is 6.65. The lowest BCUT2D eigenvalue weighted by atomic mass is 9.94. The molecule has 0 aromatic heterocycles. The van der Waals surface area contributed by atoms with Crippen molar-refractivity contribution in [1.29, 1.82) is 0 Å². The Morgan fingerprint density at radius 3 is 2.27 bits per heavy atom. The van der Waals surface area contributed by atoms with E-state index in [0.717, 1.165) is 0 Å². The monoisotopic (exact) mass is 229 g/mol. The maximum absolute atomic E-state index is 11.0. The van der Waals surface area contributed by atoms with Gasteiger partial charge in [-0.2, -0.15) is 0 Å². The number of carbonyl (C=O) groups is 1. The molecule has 1 aliphatic rings. The van der Waals surface area contributed by atoms with E-state index in [1.165, 1.54) is 0 Å². The lowest BCUT2D eigenvalue weighted by molar-refractivity contribution is -0.135. The van der Waals surface area contributed by atoms with Crippen molar-refractivity contribution in [2.45, 2.75) is 51.9 Å². The second-order valence-electron chi connectivity index (χ2n) is 5.98. The van der Waals surface area contributed by atoms with Crippen molar-refractivity contribution in [3.8, 4) is 0 Å². The Bertz CT molecular complexity index is 258. The highest BCUT2D eigenvalue weighted by Gasteiger charge is 2.41. The van der Waals surface area contributed by atoms with E-state index in [2.05, 4.69) is 39.2 Å². The van der Waals surface area contributed by atoms with Crippen molar-refractivity contribution in [3.05, 3.63) is 0 Å². The van der Waals surface area contributed by atoms with Gasteiger partial charge in [-0.1, -0.05) is 27.7 Å². The summed E-state index contributed by atoms with van der Waals surface area (Å²) in [7, 11) is -1.65. The van der Waals surface area contributed by atoms with E-state index in [-0.39, 0.29) is 22.9 Å². The highest BCUT2D eigenvalue weighted by Crippen LogP contribution is 2.36. The van der Waals surface area contributed by atoms with Crippen molar-refractivity contribution in [1.82, 2.24) is 5.32 Å². The van der Waals surface area contributed by atoms with E-state index in [4.69, 9.17) is 4.43 Å². The average Bonchev–Trinajstić information content (AvgIpc) is 2.09. The third-order valence-corrected chi connectivity index (χ3v) is 8.28. The zero-order chi connectivity index (χ0) is 11.9. The number of β-lactam (4-membered cyclic amide) rings is 1. The molecule has 0 radical (unpaired) electrons.